The molecule has 3 aromatic rings. The Hall–Kier alpha value is -2.86. The number of hydrogen-bond acceptors (Lipinski definition) is 3. The Bertz CT molecular complexity index is 1070. The van der Waals surface area contributed by atoms with Gasteiger partial charge >= 0.3 is 0 Å². The minimum atomic E-state index is -0.299. The topological polar surface area (TPSA) is 55.6 Å². The highest BCUT2D eigenvalue weighted by atomic mass is 79.9. The molecule has 1 amide bonds. The van der Waals surface area contributed by atoms with E-state index < -0.39 is 0 Å². The summed E-state index contributed by atoms with van der Waals surface area (Å²) in [6, 6.07) is 16.2. The van der Waals surface area contributed by atoms with E-state index in [0.717, 1.165) is 39.1 Å². The molecule has 0 saturated heterocycles. The van der Waals surface area contributed by atoms with Crippen LogP contribution in [0.1, 0.15) is 35.0 Å². The highest BCUT2D eigenvalue weighted by Gasteiger charge is 2.10. The SMILES string of the molecule is CCc1cc(C)cc(OCC(=O)N/N=C/c2cc(C)n(-c3ccc(Br)cc3)c2C)c1. The molecule has 0 aliphatic carbocycles. The van der Waals surface area contributed by atoms with Gasteiger partial charge in [0, 0.05) is 27.1 Å². The number of carbonyl (C=O) groups is 1. The van der Waals surface area contributed by atoms with Gasteiger partial charge in [-0.2, -0.15) is 5.10 Å². The van der Waals surface area contributed by atoms with Gasteiger partial charge in [-0.05, 0) is 80.8 Å². The molecule has 0 aliphatic heterocycles. The van der Waals surface area contributed by atoms with Crippen molar-refractivity contribution in [2.75, 3.05) is 6.61 Å². The fourth-order valence-electron chi connectivity index (χ4n) is 3.37. The average Bonchev–Trinajstić information content (AvgIpc) is 3.00. The zero-order valence-corrected chi connectivity index (χ0v) is 19.3. The molecular formula is C24H26BrN3O2. The van der Waals surface area contributed by atoms with Crippen LogP contribution in [-0.4, -0.2) is 23.3 Å². The summed E-state index contributed by atoms with van der Waals surface area (Å²) in [5, 5.41) is 4.10. The third-order valence-electron chi connectivity index (χ3n) is 4.84. The molecule has 30 heavy (non-hydrogen) atoms. The van der Waals surface area contributed by atoms with E-state index in [1.165, 1.54) is 5.56 Å². The molecule has 3 rings (SSSR count). The van der Waals surface area contributed by atoms with Gasteiger partial charge in [0.25, 0.3) is 5.91 Å². The molecule has 0 fully saturated rings. The summed E-state index contributed by atoms with van der Waals surface area (Å²) in [4.78, 5) is 12.1. The first-order chi connectivity index (χ1) is 14.4. The summed E-state index contributed by atoms with van der Waals surface area (Å²) in [7, 11) is 0. The Morgan fingerprint density at radius 1 is 1.13 bits per heavy atom. The van der Waals surface area contributed by atoms with E-state index in [0.29, 0.717) is 5.75 Å². The maximum Gasteiger partial charge on any atom is 0.277 e. The number of aromatic nitrogens is 1. The second-order valence-electron chi connectivity index (χ2n) is 7.23. The maximum absolute atomic E-state index is 12.1. The van der Waals surface area contributed by atoms with E-state index in [4.69, 9.17) is 4.74 Å². The Morgan fingerprint density at radius 2 is 1.87 bits per heavy atom. The molecule has 5 nitrogen and oxygen atoms in total. The minimum Gasteiger partial charge on any atom is -0.484 e. The first-order valence-corrected chi connectivity index (χ1v) is 10.7. The highest BCUT2D eigenvalue weighted by molar-refractivity contribution is 9.10. The van der Waals surface area contributed by atoms with Crippen LogP contribution in [0.3, 0.4) is 0 Å². The Kier molecular flexibility index (Phi) is 7.11. The molecule has 0 atom stereocenters. The van der Waals surface area contributed by atoms with Crippen molar-refractivity contribution < 1.29 is 9.53 Å². The van der Waals surface area contributed by atoms with Gasteiger partial charge < -0.3 is 9.30 Å². The standard InChI is InChI=1S/C24H26BrN3O2/c1-5-19-10-16(2)11-23(13-19)30-15-24(29)27-26-14-20-12-17(3)28(18(20)4)22-8-6-21(25)7-9-22/h6-14H,5,15H2,1-4H3,(H,27,29)/b26-14+. The van der Waals surface area contributed by atoms with Crippen molar-refractivity contribution in [3.8, 4) is 11.4 Å². The van der Waals surface area contributed by atoms with Gasteiger partial charge in [0.15, 0.2) is 6.61 Å². The van der Waals surface area contributed by atoms with Crippen molar-refractivity contribution in [3.63, 3.8) is 0 Å². The quantitative estimate of drug-likeness (QED) is 0.380. The predicted octanol–water partition coefficient (Wildman–Crippen LogP) is 5.26. The van der Waals surface area contributed by atoms with E-state index in [1.807, 2.05) is 51.1 Å². The number of hydrazone groups is 1. The van der Waals surface area contributed by atoms with Gasteiger partial charge in [0.05, 0.1) is 6.21 Å². The van der Waals surface area contributed by atoms with Crippen LogP contribution in [0.2, 0.25) is 0 Å². The monoisotopic (exact) mass is 467 g/mol. The van der Waals surface area contributed by atoms with Crippen molar-refractivity contribution in [3.05, 3.63) is 81.1 Å². The van der Waals surface area contributed by atoms with Gasteiger partial charge in [-0.3, -0.25) is 4.79 Å². The second kappa shape index (κ2) is 9.76. The van der Waals surface area contributed by atoms with Crippen molar-refractivity contribution >= 4 is 28.1 Å². The minimum absolute atomic E-state index is 0.0815. The Balaban J connectivity index is 1.61. The normalized spacial score (nSPS) is 11.1. The molecule has 2 aromatic carbocycles. The van der Waals surface area contributed by atoms with Crippen LogP contribution in [0.5, 0.6) is 5.75 Å². The lowest BCUT2D eigenvalue weighted by Gasteiger charge is -2.09. The number of nitrogens with zero attached hydrogens (tertiary/aromatic N) is 2. The van der Waals surface area contributed by atoms with Gasteiger partial charge in [-0.15, -0.1) is 0 Å². The lowest BCUT2D eigenvalue weighted by molar-refractivity contribution is -0.123. The number of ether oxygens (including phenoxy) is 1. The second-order valence-corrected chi connectivity index (χ2v) is 8.14. The molecule has 0 unspecified atom stereocenters. The van der Waals surface area contributed by atoms with Crippen LogP contribution in [-0.2, 0) is 11.2 Å². The van der Waals surface area contributed by atoms with Crippen LogP contribution < -0.4 is 10.2 Å². The third kappa shape index (κ3) is 5.39. The number of amides is 1. The van der Waals surface area contributed by atoms with Crippen molar-refractivity contribution in [2.24, 2.45) is 5.10 Å². The smallest absolute Gasteiger partial charge is 0.277 e. The van der Waals surface area contributed by atoms with E-state index in [-0.39, 0.29) is 12.5 Å². The van der Waals surface area contributed by atoms with Crippen molar-refractivity contribution in [1.29, 1.82) is 0 Å². The number of aryl methyl sites for hydroxylation is 3. The molecule has 156 valence electrons. The molecule has 0 spiro atoms. The summed E-state index contributed by atoms with van der Waals surface area (Å²) < 4.78 is 8.81. The van der Waals surface area contributed by atoms with Crippen LogP contribution in [0.25, 0.3) is 5.69 Å². The van der Waals surface area contributed by atoms with E-state index >= 15 is 0 Å². The van der Waals surface area contributed by atoms with Crippen LogP contribution in [0.4, 0.5) is 0 Å². The Morgan fingerprint density at radius 3 is 2.57 bits per heavy atom. The van der Waals surface area contributed by atoms with Gasteiger partial charge in [0.2, 0.25) is 0 Å². The molecule has 0 aliphatic rings. The molecular weight excluding hydrogens is 442 g/mol. The van der Waals surface area contributed by atoms with Crippen LogP contribution in [0.15, 0.2) is 58.1 Å². The summed E-state index contributed by atoms with van der Waals surface area (Å²) in [6.07, 6.45) is 2.59. The Labute approximate surface area is 185 Å². The zero-order valence-electron chi connectivity index (χ0n) is 17.7. The van der Waals surface area contributed by atoms with E-state index in [2.05, 4.69) is 56.1 Å². The van der Waals surface area contributed by atoms with Crippen molar-refractivity contribution in [2.45, 2.75) is 34.1 Å². The average molecular weight is 468 g/mol. The lowest BCUT2D eigenvalue weighted by atomic mass is 10.1. The summed E-state index contributed by atoms with van der Waals surface area (Å²) >= 11 is 3.47. The third-order valence-corrected chi connectivity index (χ3v) is 5.37. The first-order valence-electron chi connectivity index (χ1n) is 9.87. The molecule has 1 N–H and O–H groups in total. The molecule has 0 radical (unpaired) electrons. The molecule has 1 aromatic heterocycles. The van der Waals surface area contributed by atoms with E-state index in [9.17, 15) is 4.79 Å². The number of rotatable bonds is 7. The number of benzene rings is 2. The largest absolute Gasteiger partial charge is 0.484 e. The molecule has 1 heterocycles. The zero-order chi connectivity index (χ0) is 21.7. The fourth-order valence-corrected chi connectivity index (χ4v) is 3.64. The van der Waals surface area contributed by atoms with Gasteiger partial charge in [-0.25, -0.2) is 5.43 Å². The number of halogens is 1. The number of carbonyl (C=O) groups excluding carboxylic acids is 1. The van der Waals surface area contributed by atoms with E-state index in [1.54, 1.807) is 6.21 Å². The highest BCUT2D eigenvalue weighted by Crippen LogP contribution is 2.21. The van der Waals surface area contributed by atoms with Gasteiger partial charge in [-0.1, -0.05) is 28.9 Å². The lowest BCUT2D eigenvalue weighted by Crippen LogP contribution is -2.24. The summed E-state index contributed by atoms with van der Waals surface area (Å²) in [6.45, 7) is 8.10. The van der Waals surface area contributed by atoms with Crippen LogP contribution in [0, 0.1) is 20.8 Å². The van der Waals surface area contributed by atoms with Crippen molar-refractivity contribution in [1.82, 2.24) is 9.99 Å². The molecule has 0 saturated carbocycles. The predicted molar refractivity (Wildman–Crippen MR) is 125 cm³/mol. The maximum atomic E-state index is 12.1. The molecule has 0 bridgehead atoms. The fraction of sp³-hybridized carbons (Fsp3) is 0.250. The number of nitrogens with one attached hydrogen (secondary N) is 1. The van der Waals surface area contributed by atoms with Gasteiger partial charge in [0.1, 0.15) is 5.75 Å². The molecule has 6 heteroatoms. The summed E-state index contributed by atoms with van der Waals surface area (Å²) in [5.41, 5.74) is 9.01. The first kappa shape index (κ1) is 21.8. The number of hydrogen-bond donors (Lipinski definition) is 1. The summed E-state index contributed by atoms with van der Waals surface area (Å²) in [5.74, 6) is 0.400. The van der Waals surface area contributed by atoms with Crippen LogP contribution >= 0.6 is 15.9 Å².